The van der Waals surface area contributed by atoms with Crippen LogP contribution < -0.4 is 15.5 Å². The summed E-state index contributed by atoms with van der Waals surface area (Å²) in [5.41, 5.74) is 2.43. The van der Waals surface area contributed by atoms with Crippen molar-refractivity contribution in [1.29, 1.82) is 0 Å². The number of halogens is 2. The molecule has 1 aliphatic carbocycles. The Bertz CT molecular complexity index is 1380. The highest BCUT2D eigenvalue weighted by atomic mass is 19.2. The van der Waals surface area contributed by atoms with E-state index in [1.54, 1.807) is 4.52 Å². The van der Waals surface area contributed by atoms with Crippen molar-refractivity contribution in [2.24, 2.45) is 0 Å². The van der Waals surface area contributed by atoms with Gasteiger partial charge in [-0.25, -0.2) is 13.8 Å². The second-order valence-corrected chi connectivity index (χ2v) is 9.65. The number of piperazine rings is 1. The molecule has 2 aliphatic heterocycles. The number of fused-ring (bicyclic) bond motifs is 4. The molecule has 5 heterocycles. The first-order valence-corrected chi connectivity index (χ1v) is 12.0. The smallest absolute Gasteiger partial charge is 0.230 e. The zero-order chi connectivity index (χ0) is 22.8. The lowest BCUT2D eigenvalue weighted by molar-refractivity contribution is 0.281. The van der Waals surface area contributed by atoms with E-state index < -0.39 is 11.6 Å². The first kappa shape index (κ1) is 20.1. The number of nitrogens with one attached hydrogen (secondary N) is 3. The number of H-pyrrole nitrogens is 1. The number of nitrogens with zero attached hydrogens (tertiary/aromatic N) is 6. The van der Waals surface area contributed by atoms with E-state index in [1.807, 2.05) is 6.20 Å². The number of anilines is 2. The maximum Gasteiger partial charge on any atom is 0.230 e. The number of rotatable bonds is 5. The van der Waals surface area contributed by atoms with Gasteiger partial charge in [-0.1, -0.05) is 6.42 Å². The Kier molecular flexibility index (Phi) is 4.48. The largest absolute Gasteiger partial charge is 0.347 e. The Morgan fingerprint density at radius 1 is 1.03 bits per heavy atom. The van der Waals surface area contributed by atoms with Gasteiger partial charge in [0.1, 0.15) is 11.3 Å². The summed E-state index contributed by atoms with van der Waals surface area (Å²) in [5, 5.41) is 11.6. The Balaban J connectivity index is 1.23. The molecule has 3 aromatic heterocycles. The van der Waals surface area contributed by atoms with Crippen molar-refractivity contribution in [3.05, 3.63) is 41.4 Å². The van der Waals surface area contributed by atoms with Crippen LogP contribution in [-0.4, -0.2) is 54.7 Å². The van der Waals surface area contributed by atoms with Gasteiger partial charge >= 0.3 is 0 Å². The van der Waals surface area contributed by atoms with Gasteiger partial charge in [-0.05, 0) is 43.7 Å². The van der Waals surface area contributed by atoms with Crippen molar-refractivity contribution in [2.45, 2.75) is 56.7 Å². The molecule has 176 valence electrons. The van der Waals surface area contributed by atoms with Crippen LogP contribution in [0.2, 0.25) is 0 Å². The van der Waals surface area contributed by atoms with Gasteiger partial charge in [0.25, 0.3) is 0 Å². The molecule has 0 radical (unpaired) electrons. The molecule has 0 amide bonds. The van der Waals surface area contributed by atoms with E-state index in [-0.39, 0.29) is 12.1 Å². The number of aromatic nitrogens is 6. The van der Waals surface area contributed by atoms with Crippen molar-refractivity contribution < 1.29 is 8.78 Å². The zero-order valence-corrected chi connectivity index (χ0v) is 18.6. The molecule has 3 aliphatic rings. The van der Waals surface area contributed by atoms with Gasteiger partial charge in [0, 0.05) is 30.7 Å². The number of aromatic amines is 1. The summed E-state index contributed by atoms with van der Waals surface area (Å²) in [6, 6.07) is 3.51. The molecule has 34 heavy (non-hydrogen) atoms. The molecule has 3 N–H and O–H groups in total. The van der Waals surface area contributed by atoms with Crippen LogP contribution in [0.3, 0.4) is 0 Å². The summed E-state index contributed by atoms with van der Waals surface area (Å²) < 4.78 is 29.4. The van der Waals surface area contributed by atoms with E-state index in [1.165, 1.54) is 25.3 Å². The molecular weight excluding hydrogens is 440 g/mol. The fraction of sp³-hybridized carbons (Fsp3) is 0.478. The van der Waals surface area contributed by atoms with Crippen molar-refractivity contribution in [3.63, 3.8) is 0 Å². The average molecular weight is 466 g/mol. The molecular formula is C23H25F2N9. The van der Waals surface area contributed by atoms with Crippen LogP contribution in [0.5, 0.6) is 0 Å². The highest BCUT2D eigenvalue weighted by Gasteiger charge is 2.33. The predicted molar refractivity (Wildman–Crippen MR) is 123 cm³/mol. The fourth-order valence-electron chi connectivity index (χ4n) is 5.31. The topological polar surface area (TPSA) is 99.1 Å². The van der Waals surface area contributed by atoms with Crippen LogP contribution >= 0.6 is 0 Å². The lowest BCUT2D eigenvalue weighted by atomic mass is 9.94. The third-order valence-electron chi connectivity index (χ3n) is 7.15. The van der Waals surface area contributed by atoms with Crippen molar-refractivity contribution in [3.8, 4) is 0 Å². The van der Waals surface area contributed by atoms with E-state index >= 15 is 0 Å². The fourth-order valence-corrected chi connectivity index (χ4v) is 5.31. The highest BCUT2D eigenvalue weighted by Crippen LogP contribution is 2.42. The molecule has 2 atom stereocenters. The highest BCUT2D eigenvalue weighted by molar-refractivity contribution is 5.75. The maximum absolute atomic E-state index is 14.1. The van der Waals surface area contributed by atoms with E-state index in [2.05, 4.69) is 30.6 Å². The average Bonchev–Trinajstić information content (AvgIpc) is 3.44. The summed E-state index contributed by atoms with van der Waals surface area (Å²) in [6.07, 6.45) is 7.81. The SMILES string of the molecule is Fc1ccc2[nH]c(CNc3nc(N4C[C@H]5CCC[C@@H](C4)N5)nc4c(C5CC5)cnn34)nc2c1F. The van der Waals surface area contributed by atoms with Gasteiger partial charge < -0.3 is 20.5 Å². The molecule has 0 unspecified atom stereocenters. The molecule has 11 heteroatoms. The number of hydrogen-bond acceptors (Lipinski definition) is 7. The standard InChI is InChI=1S/C23H25F2N9/c24-16-6-7-17-20(19(16)25)30-18(29-17)9-26-22-32-23(33-10-13-2-1-3-14(11-33)28-13)31-21-15(12-4-5-12)8-27-34(21)22/h6-8,12-14,28H,1-5,9-11H2,(H,29,30)(H,26,31,32)/t13-,14+. The number of hydrogen-bond donors (Lipinski definition) is 3. The predicted octanol–water partition coefficient (Wildman–Crippen LogP) is 3.10. The molecule has 9 nitrogen and oxygen atoms in total. The molecule has 3 fully saturated rings. The second kappa shape index (κ2) is 7.59. The number of imidazole rings is 1. The molecule has 2 saturated heterocycles. The first-order valence-electron chi connectivity index (χ1n) is 12.0. The van der Waals surface area contributed by atoms with Gasteiger partial charge in [-0.2, -0.15) is 19.6 Å². The lowest BCUT2D eigenvalue weighted by Crippen LogP contribution is -2.59. The van der Waals surface area contributed by atoms with Crippen LogP contribution in [0.15, 0.2) is 18.3 Å². The molecule has 7 rings (SSSR count). The number of piperidine rings is 1. The minimum atomic E-state index is -0.947. The van der Waals surface area contributed by atoms with Gasteiger partial charge in [-0.3, -0.25) is 0 Å². The molecule has 0 spiro atoms. The van der Waals surface area contributed by atoms with E-state index in [0.717, 1.165) is 43.2 Å². The third-order valence-corrected chi connectivity index (χ3v) is 7.15. The lowest BCUT2D eigenvalue weighted by Gasteiger charge is -2.42. The van der Waals surface area contributed by atoms with Gasteiger partial charge in [0.2, 0.25) is 11.9 Å². The second-order valence-electron chi connectivity index (χ2n) is 9.65. The third kappa shape index (κ3) is 3.37. The van der Waals surface area contributed by atoms with Crippen LogP contribution in [0, 0.1) is 11.6 Å². The minimum absolute atomic E-state index is 0.00668. The zero-order valence-electron chi connectivity index (χ0n) is 18.6. The normalized spacial score (nSPS) is 22.6. The van der Waals surface area contributed by atoms with Crippen molar-refractivity contribution in [1.82, 2.24) is 34.9 Å². The van der Waals surface area contributed by atoms with Crippen molar-refractivity contribution in [2.75, 3.05) is 23.3 Å². The summed E-state index contributed by atoms with van der Waals surface area (Å²) >= 11 is 0. The Hall–Kier alpha value is -3.34. The quantitative estimate of drug-likeness (QED) is 0.417. The van der Waals surface area contributed by atoms with E-state index in [4.69, 9.17) is 9.97 Å². The first-order chi connectivity index (χ1) is 16.6. The summed E-state index contributed by atoms with van der Waals surface area (Å²) in [5.74, 6) is 0.391. The van der Waals surface area contributed by atoms with E-state index in [9.17, 15) is 8.78 Å². The van der Waals surface area contributed by atoms with Crippen LogP contribution in [0.4, 0.5) is 20.7 Å². The maximum atomic E-state index is 14.1. The van der Waals surface area contributed by atoms with Crippen LogP contribution in [0.1, 0.15) is 49.4 Å². The Labute approximate surface area is 194 Å². The monoisotopic (exact) mass is 465 g/mol. The van der Waals surface area contributed by atoms with E-state index in [0.29, 0.717) is 41.2 Å². The summed E-state index contributed by atoms with van der Waals surface area (Å²) in [6.45, 7) is 2.02. The Morgan fingerprint density at radius 3 is 2.65 bits per heavy atom. The van der Waals surface area contributed by atoms with Crippen LogP contribution in [0.25, 0.3) is 16.7 Å². The number of benzene rings is 1. The summed E-state index contributed by atoms with van der Waals surface area (Å²) in [4.78, 5) is 19.4. The summed E-state index contributed by atoms with van der Waals surface area (Å²) in [7, 11) is 0. The minimum Gasteiger partial charge on any atom is -0.347 e. The Morgan fingerprint density at radius 2 is 1.85 bits per heavy atom. The van der Waals surface area contributed by atoms with Crippen molar-refractivity contribution >= 4 is 28.6 Å². The van der Waals surface area contributed by atoms with Crippen LogP contribution in [-0.2, 0) is 6.54 Å². The molecule has 1 saturated carbocycles. The molecule has 1 aromatic carbocycles. The molecule has 2 bridgehead atoms. The van der Waals surface area contributed by atoms with Gasteiger partial charge in [0.15, 0.2) is 17.3 Å². The molecule has 4 aromatic rings. The van der Waals surface area contributed by atoms with Gasteiger partial charge in [0.05, 0.1) is 18.3 Å². The van der Waals surface area contributed by atoms with Gasteiger partial charge in [-0.15, -0.1) is 0 Å².